The van der Waals surface area contributed by atoms with Crippen LogP contribution in [-0.4, -0.2) is 33.8 Å². The number of carbonyl (C=O) groups excluding carboxylic acids is 1. The predicted octanol–water partition coefficient (Wildman–Crippen LogP) is 5.41. The summed E-state index contributed by atoms with van der Waals surface area (Å²) in [5.41, 5.74) is 3.60. The Bertz CT molecular complexity index is 1240. The third-order valence-electron chi connectivity index (χ3n) is 5.74. The van der Waals surface area contributed by atoms with Crippen molar-refractivity contribution >= 4 is 39.3 Å². The van der Waals surface area contributed by atoms with Crippen LogP contribution in [0.15, 0.2) is 54.6 Å². The van der Waals surface area contributed by atoms with Gasteiger partial charge in [-0.3, -0.25) is 4.79 Å². The third-order valence-corrected chi connectivity index (χ3v) is 5.74. The molecule has 0 atom stereocenters. The molecule has 2 heterocycles. The number of benzene rings is 2. The van der Waals surface area contributed by atoms with Gasteiger partial charge in [0, 0.05) is 30.5 Å². The Morgan fingerprint density at radius 3 is 2.56 bits per heavy atom. The van der Waals surface area contributed by atoms with Crippen LogP contribution >= 0.6 is 0 Å². The summed E-state index contributed by atoms with van der Waals surface area (Å²) in [6.45, 7) is 5.25. The lowest BCUT2D eigenvalue weighted by Crippen LogP contribution is -2.24. The van der Waals surface area contributed by atoms with E-state index >= 15 is 0 Å². The maximum absolute atomic E-state index is 11.4. The van der Waals surface area contributed by atoms with Crippen LogP contribution in [0.1, 0.15) is 51.8 Å². The van der Waals surface area contributed by atoms with Crippen molar-refractivity contribution in [1.82, 2.24) is 20.0 Å². The lowest BCUT2D eigenvalue weighted by atomic mass is 10.2. The highest BCUT2D eigenvalue weighted by Crippen LogP contribution is 2.31. The van der Waals surface area contributed by atoms with Crippen molar-refractivity contribution in [3.8, 4) is 0 Å². The highest BCUT2D eigenvalue weighted by atomic mass is 16.7. The first kappa shape index (κ1) is 23.5. The van der Waals surface area contributed by atoms with Gasteiger partial charge in [0.25, 0.3) is 0 Å². The molecule has 0 saturated heterocycles. The summed E-state index contributed by atoms with van der Waals surface area (Å²) in [6.07, 6.45) is 5.16. The molecule has 34 heavy (non-hydrogen) atoms. The number of nitrogens with zero attached hydrogens (tertiary/aromatic N) is 3. The number of nitrogens with one attached hydrogen (secondary N) is 2. The highest BCUT2D eigenvalue weighted by molar-refractivity contribution is 6.07. The molecule has 0 fully saturated rings. The fraction of sp³-hybridized carbons (Fsp3) is 0.370. The van der Waals surface area contributed by atoms with Crippen molar-refractivity contribution in [1.29, 1.82) is 0 Å². The lowest BCUT2D eigenvalue weighted by molar-refractivity contribution is -0.120. The van der Waals surface area contributed by atoms with E-state index in [4.69, 9.17) is 14.8 Å². The zero-order valence-electron chi connectivity index (χ0n) is 20.0. The normalized spacial score (nSPS) is 11.1. The highest BCUT2D eigenvalue weighted by Gasteiger charge is 2.19. The van der Waals surface area contributed by atoms with E-state index in [9.17, 15) is 4.79 Å². The maximum Gasteiger partial charge on any atom is 0.219 e. The van der Waals surface area contributed by atoms with E-state index in [0.29, 0.717) is 19.6 Å². The van der Waals surface area contributed by atoms with Gasteiger partial charge < -0.3 is 15.5 Å². The zero-order chi connectivity index (χ0) is 23.8. The fourth-order valence-corrected chi connectivity index (χ4v) is 3.91. The van der Waals surface area contributed by atoms with Crippen LogP contribution in [0.3, 0.4) is 0 Å². The van der Waals surface area contributed by atoms with Crippen molar-refractivity contribution in [2.24, 2.45) is 0 Å². The minimum absolute atomic E-state index is 0.0841. The van der Waals surface area contributed by atoms with Crippen LogP contribution in [0.2, 0.25) is 0 Å². The second kappa shape index (κ2) is 11.5. The van der Waals surface area contributed by atoms with Gasteiger partial charge in [-0.25, -0.2) is 9.97 Å². The molecule has 2 aromatic heterocycles. The van der Waals surface area contributed by atoms with E-state index in [1.165, 1.54) is 0 Å². The van der Waals surface area contributed by atoms with Gasteiger partial charge in [0.15, 0.2) is 5.82 Å². The number of amides is 1. The Balaban J connectivity index is 1.67. The summed E-state index contributed by atoms with van der Waals surface area (Å²) in [6, 6.07) is 18.1. The number of para-hydroxylation sites is 2. The Hall–Kier alpha value is -3.61. The van der Waals surface area contributed by atoms with Crippen LogP contribution in [0.25, 0.3) is 21.9 Å². The van der Waals surface area contributed by atoms with Crippen LogP contribution in [0.4, 0.5) is 11.5 Å². The Morgan fingerprint density at radius 1 is 0.971 bits per heavy atom. The van der Waals surface area contributed by atoms with Gasteiger partial charge in [-0.2, -0.15) is 4.73 Å². The molecule has 4 rings (SSSR count). The average molecular weight is 460 g/mol. The molecule has 0 unspecified atom stereocenters. The topological polar surface area (TPSA) is 81.1 Å². The number of unbranched alkanes of at least 4 members (excludes halogenated alkanes) is 2. The molecule has 0 saturated carbocycles. The zero-order valence-corrected chi connectivity index (χ0v) is 20.0. The number of hydrogen-bond acceptors (Lipinski definition) is 5. The van der Waals surface area contributed by atoms with E-state index in [-0.39, 0.29) is 5.91 Å². The van der Waals surface area contributed by atoms with E-state index < -0.39 is 0 Å². The summed E-state index contributed by atoms with van der Waals surface area (Å²) in [5, 5.41) is 7.39. The Kier molecular flexibility index (Phi) is 7.96. The SMILES string of the molecule is CCCCc1nc2c(Nc3ccccc3)nc3ccccc3c2n1OCCCCNC(=O)CC. The lowest BCUT2D eigenvalue weighted by Gasteiger charge is -2.13. The monoisotopic (exact) mass is 459 g/mol. The van der Waals surface area contributed by atoms with Gasteiger partial charge in [0.1, 0.15) is 23.5 Å². The molecule has 4 aromatic rings. The van der Waals surface area contributed by atoms with Crippen LogP contribution in [0, 0.1) is 0 Å². The fourth-order valence-electron chi connectivity index (χ4n) is 3.91. The molecule has 2 N–H and O–H groups in total. The largest absolute Gasteiger partial charge is 0.412 e. The van der Waals surface area contributed by atoms with Gasteiger partial charge >= 0.3 is 0 Å². The molecule has 0 bridgehead atoms. The Morgan fingerprint density at radius 2 is 1.76 bits per heavy atom. The number of hydrogen-bond donors (Lipinski definition) is 2. The van der Waals surface area contributed by atoms with Crippen LogP contribution in [-0.2, 0) is 11.2 Å². The smallest absolute Gasteiger partial charge is 0.219 e. The second-order valence-corrected chi connectivity index (χ2v) is 8.34. The summed E-state index contributed by atoms with van der Waals surface area (Å²) < 4.78 is 1.91. The molecule has 7 nitrogen and oxygen atoms in total. The first-order valence-electron chi connectivity index (χ1n) is 12.2. The van der Waals surface area contributed by atoms with E-state index in [0.717, 1.165) is 71.4 Å². The minimum atomic E-state index is 0.0841. The second-order valence-electron chi connectivity index (χ2n) is 8.34. The number of anilines is 2. The number of carbonyl (C=O) groups is 1. The van der Waals surface area contributed by atoms with E-state index in [1.54, 1.807) is 0 Å². The van der Waals surface area contributed by atoms with Crippen molar-refractivity contribution in [2.75, 3.05) is 18.5 Å². The van der Waals surface area contributed by atoms with E-state index in [2.05, 4.69) is 23.6 Å². The third kappa shape index (κ3) is 5.47. The standard InChI is InChI=1S/C27H33N5O2/c1-3-5-17-23-31-25-26(32(23)34-19-12-11-18-28-24(33)4-2)21-15-9-10-16-22(21)30-27(25)29-20-13-7-6-8-14-20/h6-10,13-16H,3-5,11-12,17-19H2,1-2H3,(H,28,33)(H,29,30). The van der Waals surface area contributed by atoms with Gasteiger partial charge in [-0.05, 0) is 37.5 Å². The van der Waals surface area contributed by atoms with Gasteiger partial charge in [0.05, 0.1) is 5.52 Å². The molecular weight excluding hydrogens is 426 g/mol. The quantitative estimate of drug-likeness (QED) is 0.277. The summed E-state index contributed by atoms with van der Waals surface area (Å²) in [7, 11) is 0. The van der Waals surface area contributed by atoms with Crippen molar-refractivity contribution in [3.05, 3.63) is 60.4 Å². The number of aromatic nitrogens is 3. The van der Waals surface area contributed by atoms with E-state index in [1.807, 2.05) is 60.2 Å². The van der Waals surface area contributed by atoms with Gasteiger partial charge in [-0.1, -0.05) is 56.7 Å². The molecule has 0 aliphatic heterocycles. The maximum atomic E-state index is 11.4. The number of imidazole rings is 1. The summed E-state index contributed by atoms with van der Waals surface area (Å²) in [5.74, 6) is 1.72. The van der Waals surface area contributed by atoms with Crippen LogP contribution < -0.4 is 15.5 Å². The average Bonchev–Trinajstić information content (AvgIpc) is 3.24. The Labute approximate surface area is 200 Å². The molecule has 0 aliphatic carbocycles. The first-order chi connectivity index (χ1) is 16.7. The molecule has 7 heteroatoms. The first-order valence-corrected chi connectivity index (χ1v) is 12.2. The van der Waals surface area contributed by atoms with Gasteiger partial charge in [-0.15, -0.1) is 0 Å². The molecule has 2 aromatic carbocycles. The number of aryl methyl sites for hydroxylation is 1. The summed E-state index contributed by atoms with van der Waals surface area (Å²) in [4.78, 5) is 27.7. The number of fused-ring (bicyclic) bond motifs is 3. The molecular formula is C27H33N5O2. The molecule has 0 aliphatic rings. The summed E-state index contributed by atoms with van der Waals surface area (Å²) >= 11 is 0. The number of rotatable bonds is 12. The van der Waals surface area contributed by atoms with Crippen molar-refractivity contribution in [2.45, 2.75) is 52.4 Å². The number of pyridine rings is 1. The predicted molar refractivity (Wildman–Crippen MR) is 137 cm³/mol. The molecule has 1 amide bonds. The molecule has 0 radical (unpaired) electrons. The molecule has 0 spiro atoms. The minimum Gasteiger partial charge on any atom is -0.412 e. The molecule has 178 valence electrons. The van der Waals surface area contributed by atoms with Crippen LogP contribution in [0.5, 0.6) is 0 Å². The van der Waals surface area contributed by atoms with Crippen molar-refractivity contribution in [3.63, 3.8) is 0 Å². The van der Waals surface area contributed by atoms with Gasteiger partial charge in [0.2, 0.25) is 5.91 Å². The van der Waals surface area contributed by atoms with Crippen molar-refractivity contribution < 1.29 is 9.63 Å².